The summed E-state index contributed by atoms with van der Waals surface area (Å²) in [5.74, 6) is 0.0739. The van der Waals surface area contributed by atoms with Crippen molar-refractivity contribution in [2.24, 2.45) is 17.1 Å². The van der Waals surface area contributed by atoms with Crippen LogP contribution in [0, 0.1) is 11.3 Å². The Morgan fingerprint density at radius 2 is 2.27 bits per heavy atom. The molecule has 2 fully saturated rings. The van der Waals surface area contributed by atoms with Gasteiger partial charge in [0.05, 0.1) is 6.17 Å². The lowest BCUT2D eigenvalue weighted by Crippen LogP contribution is -2.72. The molecular weight excluding hydrogens is 164 g/mol. The molecule has 1 aliphatic heterocycles. The Balaban J connectivity index is 1.92. The van der Waals surface area contributed by atoms with E-state index in [-0.39, 0.29) is 22.7 Å². The average molecular weight is 175 g/mol. The maximum absolute atomic E-state index is 10.7. The molecule has 0 aromatic heterocycles. The fourth-order valence-electron chi connectivity index (χ4n) is 1.99. The molecule has 1 atom stereocenters. The second kappa shape index (κ2) is 2.19. The normalized spacial score (nSPS) is 48.2. The Bertz CT molecular complexity index is 201. The SMILES string of the molecule is NC1NCC12CC(C(=O)Cl)C2. The molecule has 62 valence electrons. The molecule has 0 aromatic carbocycles. The van der Waals surface area contributed by atoms with Gasteiger partial charge in [-0.15, -0.1) is 0 Å². The van der Waals surface area contributed by atoms with Crippen LogP contribution in [0.25, 0.3) is 0 Å². The van der Waals surface area contributed by atoms with E-state index in [0.29, 0.717) is 0 Å². The van der Waals surface area contributed by atoms with Crippen LogP contribution in [0.5, 0.6) is 0 Å². The van der Waals surface area contributed by atoms with Crippen molar-refractivity contribution < 1.29 is 4.79 Å². The van der Waals surface area contributed by atoms with Crippen molar-refractivity contribution in [2.75, 3.05) is 6.54 Å². The standard InChI is InChI=1S/C7H11ClN2O/c8-5(11)4-1-7(2-4)3-10-6(7)9/h4,6,10H,1-3,9H2. The largest absolute Gasteiger partial charge is 0.315 e. The monoisotopic (exact) mass is 174 g/mol. The molecule has 3 nitrogen and oxygen atoms in total. The van der Waals surface area contributed by atoms with Gasteiger partial charge in [0.1, 0.15) is 0 Å². The zero-order chi connectivity index (χ0) is 8.06. The van der Waals surface area contributed by atoms with Crippen molar-refractivity contribution in [3.63, 3.8) is 0 Å². The molecule has 1 saturated carbocycles. The highest BCUT2D eigenvalue weighted by Gasteiger charge is 2.55. The van der Waals surface area contributed by atoms with Crippen LogP contribution in [-0.2, 0) is 4.79 Å². The van der Waals surface area contributed by atoms with Crippen LogP contribution >= 0.6 is 11.6 Å². The highest BCUT2D eigenvalue weighted by Crippen LogP contribution is 2.51. The highest BCUT2D eigenvalue weighted by atomic mass is 35.5. The van der Waals surface area contributed by atoms with Crippen molar-refractivity contribution in [1.29, 1.82) is 0 Å². The van der Waals surface area contributed by atoms with Crippen LogP contribution < -0.4 is 11.1 Å². The lowest BCUT2D eigenvalue weighted by Gasteiger charge is -2.57. The number of hydrogen-bond acceptors (Lipinski definition) is 3. The number of hydrogen-bond donors (Lipinski definition) is 2. The van der Waals surface area contributed by atoms with Gasteiger partial charge in [0.2, 0.25) is 5.24 Å². The average Bonchev–Trinajstić information content (AvgIpc) is 1.81. The molecule has 0 bridgehead atoms. The maximum atomic E-state index is 10.7. The molecule has 4 heteroatoms. The van der Waals surface area contributed by atoms with Crippen molar-refractivity contribution in [3.05, 3.63) is 0 Å². The molecule has 1 heterocycles. The second-order valence-electron chi connectivity index (χ2n) is 3.63. The van der Waals surface area contributed by atoms with Crippen LogP contribution in [0.4, 0.5) is 0 Å². The predicted molar refractivity (Wildman–Crippen MR) is 42.0 cm³/mol. The van der Waals surface area contributed by atoms with E-state index < -0.39 is 0 Å². The van der Waals surface area contributed by atoms with Gasteiger partial charge in [-0.2, -0.15) is 0 Å². The van der Waals surface area contributed by atoms with Gasteiger partial charge in [-0.3, -0.25) is 4.79 Å². The summed E-state index contributed by atoms with van der Waals surface area (Å²) >= 11 is 5.34. The first kappa shape index (κ1) is 7.53. The van der Waals surface area contributed by atoms with E-state index in [1.54, 1.807) is 0 Å². The minimum Gasteiger partial charge on any atom is -0.315 e. The van der Waals surface area contributed by atoms with E-state index in [2.05, 4.69) is 5.32 Å². The third kappa shape index (κ3) is 0.916. The van der Waals surface area contributed by atoms with Crippen LogP contribution in [-0.4, -0.2) is 18.0 Å². The number of carbonyl (C=O) groups is 1. The molecule has 1 aliphatic carbocycles. The number of carbonyl (C=O) groups excluding carboxylic acids is 1. The van der Waals surface area contributed by atoms with Crippen molar-refractivity contribution >= 4 is 16.8 Å². The summed E-state index contributed by atoms with van der Waals surface area (Å²) in [5.41, 5.74) is 5.93. The van der Waals surface area contributed by atoms with Gasteiger partial charge in [0.25, 0.3) is 0 Å². The van der Waals surface area contributed by atoms with Gasteiger partial charge in [0.15, 0.2) is 0 Å². The van der Waals surface area contributed by atoms with Gasteiger partial charge in [-0.25, -0.2) is 0 Å². The molecule has 2 rings (SSSR count). The van der Waals surface area contributed by atoms with E-state index in [1.165, 1.54) is 0 Å². The maximum Gasteiger partial charge on any atom is 0.224 e. The smallest absolute Gasteiger partial charge is 0.224 e. The van der Waals surface area contributed by atoms with E-state index in [0.717, 1.165) is 19.4 Å². The minimum absolute atomic E-state index is 0.0739. The zero-order valence-electron chi connectivity index (χ0n) is 6.14. The fourth-order valence-corrected chi connectivity index (χ4v) is 2.14. The Kier molecular flexibility index (Phi) is 1.50. The predicted octanol–water partition coefficient (Wildman–Crippen LogP) is 0.0362. The first-order chi connectivity index (χ1) is 5.14. The third-order valence-electron chi connectivity index (χ3n) is 2.96. The summed E-state index contributed by atoms with van der Waals surface area (Å²) in [5, 5.41) is 2.88. The molecule has 0 aromatic rings. The molecule has 0 amide bonds. The Labute approximate surface area is 70.3 Å². The van der Waals surface area contributed by atoms with Gasteiger partial charge < -0.3 is 11.1 Å². The first-order valence-electron chi connectivity index (χ1n) is 3.82. The summed E-state index contributed by atoms with van der Waals surface area (Å²) in [6.45, 7) is 0.953. The van der Waals surface area contributed by atoms with Gasteiger partial charge >= 0.3 is 0 Å². The molecule has 2 aliphatic rings. The van der Waals surface area contributed by atoms with Gasteiger partial charge in [-0.1, -0.05) is 0 Å². The van der Waals surface area contributed by atoms with Crippen LogP contribution in [0.3, 0.4) is 0 Å². The molecule has 1 saturated heterocycles. The summed E-state index contributed by atoms with van der Waals surface area (Å²) in [7, 11) is 0. The summed E-state index contributed by atoms with van der Waals surface area (Å²) in [6, 6.07) is 0. The summed E-state index contributed by atoms with van der Waals surface area (Å²) in [4.78, 5) is 10.7. The molecule has 0 radical (unpaired) electrons. The number of halogens is 1. The molecule has 11 heavy (non-hydrogen) atoms. The Hall–Kier alpha value is -0.120. The Morgan fingerprint density at radius 1 is 1.64 bits per heavy atom. The van der Waals surface area contributed by atoms with Gasteiger partial charge in [0, 0.05) is 17.9 Å². The van der Waals surface area contributed by atoms with E-state index in [4.69, 9.17) is 17.3 Å². The van der Waals surface area contributed by atoms with E-state index in [9.17, 15) is 4.79 Å². The lowest BCUT2D eigenvalue weighted by atomic mass is 9.57. The molecule has 1 unspecified atom stereocenters. The molecule has 1 spiro atoms. The van der Waals surface area contributed by atoms with Crippen LogP contribution in [0.1, 0.15) is 12.8 Å². The third-order valence-corrected chi connectivity index (χ3v) is 3.27. The highest BCUT2D eigenvalue weighted by molar-refractivity contribution is 6.64. The van der Waals surface area contributed by atoms with Crippen LogP contribution in [0.15, 0.2) is 0 Å². The lowest BCUT2D eigenvalue weighted by molar-refractivity contribution is -0.128. The zero-order valence-corrected chi connectivity index (χ0v) is 6.90. The fraction of sp³-hybridized carbons (Fsp3) is 0.857. The molecular formula is C7H11ClN2O. The molecule has 3 N–H and O–H groups in total. The summed E-state index contributed by atoms with van der Waals surface area (Å²) < 4.78 is 0. The number of nitrogens with two attached hydrogens (primary N) is 1. The minimum atomic E-state index is -0.199. The van der Waals surface area contributed by atoms with Crippen molar-refractivity contribution in [1.82, 2.24) is 5.32 Å². The topological polar surface area (TPSA) is 55.1 Å². The van der Waals surface area contributed by atoms with E-state index >= 15 is 0 Å². The Morgan fingerprint density at radius 3 is 2.55 bits per heavy atom. The van der Waals surface area contributed by atoms with Gasteiger partial charge in [-0.05, 0) is 24.4 Å². The first-order valence-corrected chi connectivity index (χ1v) is 4.20. The second-order valence-corrected chi connectivity index (χ2v) is 4.00. The van der Waals surface area contributed by atoms with Crippen molar-refractivity contribution in [3.8, 4) is 0 Å². The van der Waals surface area contributed by atoms with E-state index in [1.807, 2.05) is 0 Å². The van der Waals surface area contributed by atoms with Crippen molar-refractivity contribution in [2.45, 2.75) is 19.0 Å². The number of nitrogens with one attached hydrogen (secondary N) is 1. The quantitative estimate of drug-likeness (QED) is 0.552. The van der Waals surface area contributed by atoms with Crippen LogP contribution in [0.2, 0.25) is 0 Å². The summed E-state index contributed by atoms with van der Waals surface area (Å²) in [6.07, 6.45) is 1.85. The number of rotatable bonds is 1.